The summed E-state index contributed by atoms with van der Waals surface area (Å²) in [6, 6.07) is -0.139. The lowest BCUT2D eigenvalue weighted by molar-refractivity contribution is -0.120. The van der Waals surface area contributed by atoms with E-state index >= 15 is 0 Å². The van der Waals surface area contributed by atoms with Crippen LogP contribution in [0.2, 0.25) is 0 Å². The normalized spacial score (nSPS) is 13.1. The predicted octanol–water partition coefficient (Wildman–Crippen LogP) is 0.200. The Kier molecular flexibility index (Phi) is 5.16. The Morgan fingerprint density at radius 3 is 2.60 bits per heavy atom. The number of hydrogen-bond donors (Lipinski definition) is 1. The average molecular weight is 145 g/mol. The van der Waals surface area contributed by atoms with Gasteiger partial charge in [0.15, 0.2) is 0 Å². The first-order valence-electron chi connectivity index (χ1n) is 3.47. The second-order valence-corrected chi connectivity index (χ2v) is 2.11. The van der Waals surface area contributed by atoms with Gasteiger partial charge in [0.25, 0.3) is 0 Å². The molecule has 0 bridgehead atoms. The predicted molar refractivity (Wildman–Crippen MR) is 40.0 cm³/mol. The quantitative estimate of drug-likeness (QED) is 0.600. The highest BCUT2D eigenvalue weighted by atomic mass is 16.5. The Morgan fingerprint density at radius 2 is 2.30 bits per heavy atom. The highest BCUT2D eigenvalue weighted by Crippen LogP contribution is 1.86. The van der Waals surface area contributed by atoms with E-state index in [0.29, 0.717) is 13.2 Å². The lowest BCUT2D eigenvalue weighted by Crippen LogP contribution is -2.36. The molecule has 3 heteroatoms. The van der Waals surface area contributed by atoms with E-state index in [-0.39, 0.29) is 11.8 Å². The van der Waals surface area contributed by atoms with Crippen LogP contribution in [-0.2, 0) is 9.53 Å². The average Bonchev–Trinajstić information content (AvgIpc) is 1.89. The maximum absolute atomic E-state index is 10.7. The molecule has 0 fully saturated rings. The van der Waals surface area contributed by atoms with Crippen molar-refractivity contribution in [2.45, 2.75) is 19.9 Å². The van der Waals surface area contributed by atoms with Crippen LogP contribution in [0, 0.1) is 0 Å². The van der Waals surface area contributed by atoms with Gasteiger partial charge in [-0.25, -0.2) is 0 Å². The number of Topliss-reactive ketones (excluding diaryl/α,β-unsaturated/α-hetero) is 1. The van der Waals surface area contributed by atoms with Gasteiger partial charge in [0.1, 0.15) is 5.78 Å². The molecule has 0 radical (unpaired) electrons. The molecule has 0 aromatic heterocycles. The molecule has 0 aliphatic rings. The van der Waals surface area contributed by atoms with Crippen LogP contribution in [0.25, 0.3) is 0 Å². The molecule has 0 aliphatic carbocycles. The summed E-state index contributed by atoms with van der Waals surface area (Å²) >= 11 is 0. The number of carbonyl (C=O) groups excluding carboxylic acids is 1. The largest absolute Gasteiger partial charge is 0.380 e. The number of ketones is 1. The fourth-order valence-corrected chi connectivity index (χ4v) is 0.640. The zero-order valence-electron chi connectivity index (χ0n) is 6.81. The summed E-state index contributed by atoms with van der Waals surface area (Å²) in [6.45, 7) is 4.60. The molecule has 10 heavy (non-hydrogen) atoms. The van der Waals surface area contributed by atoms with Crippen molar-refractivity contribution in [2.75, 3.05) is 20.3 Å². The van der Waals surface area contributed by atoms with Crippen LogP contribution in [0.4, 0.5) is 0 Å². The van der Waals surface area contributed by atoms with Crippen LogP contribution in [-0.4, -0.2) is 32.1 Å². The Balaban J connectivity index is 3.50. The van der Waals surface area contributed by atoms with Gasteiger partial charge in [-0.15, -0.1) is 0 Å². The number of ether oxygens (including phenoxy) is 1. The third-order valence-corrected chi connectivity index (χ3v) is 1.33. The first kappa shape index (κ1) is 9.59. The molecule has 0 aliphatic heterocycles. The SMILES string of the molecule is CCOC[C@H](NC)C(C)=O. The Morgan fingerprint density at radius 1 is 1.70 bits per heavy atom. The third kappa shape index (κ3) is 3.58. The molecule has 0 rings (SSSR count). The zero-order valence-corrected chi connectivity index (χ0v) is 6.81. The van der Waals surface area contributed by atoms with Crippen molar-refractivity contribution in [3.8, 4) is 0 Å². The van der Waals surface area contributed by atoms with Gasteiger partial charge in [-0.2, -0.15) is 0 Å². The molecule has 1 atom stereocenters. The van der Waals surface area contributed by atoms with Crippen molar-refractivity contribution in [2.24, 2.45) is 0 Å². The van der Waals surface area contributed by atoms with Crippen molar-refractivity contribution < 1.29 is 9.53 Å². The van der Waals surface area contributed by atoms with Crippen LogP contribution < -0.4 is 5.32 Å². The standard InChI is InChI=1S/C7H15NO2/c1-4-10-5-7(8-3)6(2)9/h7-8H,4-5H2,1-3H3/t7-/m0/s1. The molecule has 0 spiro atoms. The molecule has 1 N–H and O–H groups in total. The summed E-state index contributed by atoms with van der Waals surface area (Å²) in [7, 11) is 1.76. The highest BCUT2D eigenvalue weighted by molar-refractivity contribution is 5.81. The Bertz CT molecular complexity index is 104. The van der Waals surface area contributed by atoms with Crippen molar-refractivity contribution in [1.82, 2.24) is 5.32 Å². The number of likely N-dealkylation sites (N-methyl/N-ethyl adjacent to an activating group) is 1. The first-order valence-corrected chi connectivity index (χ1v) is 3.47. The number of nitrogens with one attached hydrogen (secondary N) is 1. The van der Waals surface area contributed by atoms with Crippen molar-refractivity contribution in [3.05, 3.63) is 0 Å². The van der Waals surface area contributed by atoms with E-state index < -0.39 is 0 Å². The molecule has 0 unspecified atom stereocenters. The zero-order chi connectivity index (χ0) is 7.98. The second kappa shape index (κ2) is 5.38. The molecule has 3 nitrogen and oxygen atoms in total. The monoisotopic (exact) mass is 145 g/mol. The van der Waals surface area contributed by atoms with Crippen molar-refractivity contribution in [1.29, 1.82) is 0 Å². The van der Waals surface area contributed by atoms with Gasteiger partial charge in [-0.1, -0.05) is 0 Å². The third-order valence-electron chi connectivity index (χ3n) is 1.33. The minimum absolute atomic E-state index is 0.121. The highest BCUT2D eigenvalue weighted by Gasteiger charge is 2.09. The van der Waals surface area contributed by atoms with Gasteiger partial charge in [-0.3, -0.25) is 4.79 Å². The summed E-state index contributed by atoms with van der Waals surface area (Å²) in [6.07, 6.45) is 0. The van der Waals surface area contributed by atoms with Gasteiger partial charge in [0, 0.05) is 6.61 Å². The molecule has 0 heterocycles. The minimum atomic E-state index is -0.139. The lowest BCUT2D eigenvalue weighted by Gasteiger charge is -2.11. The molecule has 0 saturated heterocycles. The fourth-order valence-electron chi connectivity index (χ4n) is 0.640. The Labute approximate surface area is 61.8 Å². The molecular formula is C7H15NO2. The van der Waals surface area contributed by atoms with Crippen LogP contribution in [0.5, 0.6) is 0 Å². The van der Waals surface area contributed by atoms with Crippen molar-refractivity contribution >= 4 is 5.78 Å². The molecule has 0 aromatic carbocycles. The van der Waals surface area contributed by atoms with Gasteiger partial charge < -0.3 is 10.1 Å². The molecule has 0 aromatic rings. The molecule has 60 valence electrons. The van der Waals surface area contributed by atoms with E-state index in [1.54, 1.807) is 14.0 Å². The van der Waals surface area contributed by atoms with Gasteiger partial charge >= 0.3 is 0 Å². The topological polar surface area (TPSA) is 38.3 Å². The van der Waals surface area contributed by atoms with E-state index in [9.17, 15) is 4.79 Å². The molecular weight excluding hydrogens is 130 g/mol. The van der Waals surface area contributed by atoms with Gasteiger partial charge in [0.2, 0.25) is 0 Å². The van der Waals surface area contributed by atoms with E-state index in [4.69, 9.17) is 4.74 Å². The van der Waals surface area contributed by atoms with Crippen molar-refractivity contribution in [3.63, 3.8) is 0 Å². The smallest absolute Gasteiger partial charge is 0.149 e. The van der Waals surface area contributed by atoms with Gasteiger partial charge in [-0.05, 0) is 20.9 Å². The minimum Gasteiger partial charge on any atom is -0.380 e. The summed E-state index contributed by atoms with van der Waals surface area (Å²) in [5.41, 5.74) is 0. The maximum atomic E-state index is 10.7. The van der Waals surface area contributed by atoms with E-state index in [1.807, 2.05) is 6.92 Å². The van der Waals surface area contributed by atoms with E-state index in [1.165, 1.54) is 0 Å². The summed E-state index contributed by atoms with van der Waals surface area (Å²) in [5, 5.41) is 2.86. The van der Waals surface area contributed by atoms with Crippen LogP contribution >= 0.6 is 0 Å². The summed E-state index contributed by atoms with van der Waals surface area (Å²) in [4.78, 5) is 10.7. The van der Waals surface area contributed by atoms with Gasteiger partial charge in [0.05, 0.1) is 12.6 Å². The second-order valence-electron chi connectivity index (χ2n) is 2.11. The van der Waals surface area contributed by atoms with E-state index in [2.05, 4.69) is 5.32 Å². The Hall–Kier alpha value is -0.410. The van der Waals surface area contributed by atoms with Crippen LogP contribution in [0.1, 0.15) is 13.8 Å². The lowest BCUT2D eigenvalue weighted by atomic mass is 10.2. The maximum Gasteiger partial charge on any atom is 0.149 e. The number of carbonyl (C=O) groups is 1. The molecule has 0 amide bonds. The summed E-state index contributed by atoms with van der Waals surface area (Å²) < 4.78 is 5.06. The summed E-state index contributed by atoms with van der Waals surface area (Å²) in [5.74, 6) is 0.121. The molecule has 0 saturated carbocycles. The number of hydrogen-bond acceptors (Lipinski definition) is 3. The fraction of sp³-hybridized carbons (Fsp3) is 0.857. The first-order chi connectivity index (χ1) is 4.72. The van der Waals surface area contributed by atoms with Crippen LogP contribution in [0.15, 0.2) is 0 Å². The van der Waals surface area contributed by atoms with Crippen LogP contribution in [0.3, 0.4) is 0 Å². The van der Waals surface area contributed by atoms with E-state index in [0.717, 1.165) is 0 Å². The number of rotatable bonds is 5.